The molecule has 0 N–H and O–H groups in total. The average Bonchev–Trinajstić information content (AvgIpc) is 2.26. The molecule has 0 atom stereocenters. The van der Waals surface area contributed by atoms with E-state index in [0.717, 1.165) is 7.11 Å². The number of esters is 1. The number of ether oxygens (including phenoxy) is 1. The van der Waals surface area contributed by atoms with Crippen molar-refractivity contribution >= 4 is 34.9 Å². The number of nitro benzene ring substituents is 1. The third-order valence-corrected chi connectivity index (χ3v) is 2.61. The third-order valence-electron chi connectivity index (χ3n) is 1.94. The smallest absolute Gasteiger partial charge is 0.339 e. The molecule has 1 aromatic rings. The standard InChI is InChI=1S/C9H7Cl2NO4/c1-16-9(13)7-5(4-10)2-3-6(8(7)11)12(14)15/h2-3H,4H2,1H3. The Morgan fingerprint density at radius 2 is 2.19 bits per heavy atom. The predicted molar refractivity (Wildman–Crippen MR) is 59.0 cm³/mol. The highest BCUT2D eigenvalue weighted by atomic mass is 35.5. The van der Waals surface area contributed by atoms with Crippen molar-refractivity contribution in [3.8, 4) is 0 Å². The first-order valence-electron chi connectivity index (χ1n) is 4.13. The lowest BCUT2D eigenvalue weighted by molar-refractivity contribution is -0.384. The molecule has 7 heteroatoms. The van der Waals surface area contributed by atoms with E-state index in [-0.39, 0.29) is 22.2 Å². The zero-order chi connectivity index (χ0) is 12.3. The molecule has 0 aliphatic rings. The summed E-state index contributed by atoms with van der Waals surface area (Å²) in [5.74, 6) is -0.730. The van der Waals surface area contributed by atoms with Crippen LogP contribution in [0.3, 0.4) is 0 Å². The lowest BCUT2D eigenvalue weighted by atomic mass is 10.1. The molecule has 0 fully saturated rings. The minimum Gasteiger partial charge on any atom is -0.465 e. The lowest BCUT2D eigenvalue weighted by Gasteiger charge is -2.07. The molecule has 1 aromatic carbocycles. The van der Waals surface area contributed by atoms with Crippen LogP contribution in [0.5, 0.6) is 0 Å². The second-order valence-electron chi connectivity index (χ2n) is 2.82. The fourth-order valence-corrected chi connectivity index (χ4v) is 1.73. The molecule has 0 aliphatic carbocycles. The molecule has 0 radical (unpaired) electrons. The number of alkyl halides is 1. The van der Waals surface area contributed by atoms with Gasteiger partial charge in [0.15, 0.2) is 0 Å². The second kappa shape index (κ2) is 5.14. The molecular formula is C9H7Cl2NO4. The number of benzene rings is 1. The number of rotatable bonds is 3. The average molecular weight is 264 g/mol. The molecule has 0 bridgehead atoms. The molecule has 0 amide bonds. The maximum atomic E-state index is 11.4. The first kappa shape index (κ1) is 12.7. The van der Waals surface area contributed by atoms with Gasteiger partial charge < -0.3 is 4.74 Å². The van der Waals surface area contributed by atoms with Crippen molar-refractivity contribution < 1.29 is 14.5 Å². The molecule has 0 saturated heterocycles. The van der Waals surface area contributed by atoms with Crippen LogP contribution in [0.25, 0.3) is 0 Å². The van der Waals surface area contributed by atoms with Crippen molar-refractivity contribution in [2.45, 2.75) is 5.88 Å². The normalized spacial score (nSPS) is 9.94. The molecule has 16 heavy (non-hydrogen) atoms. The zero-order valence-electron chi connectivity index (χ0n) is 8.20. The molecule has 0 aliphatic heterocycles. The van der Waals surface area contributed by atoms with Crippen molar-refractivity contribution in [2.75, 3.05) is 7.11 Å². The number of hydrogen-bond donors (Lipinski definition) is 0. The zero-order valence-corrected chi connectivity index (χ0v) is 9.71. The Morgan fingerprint density at radius 1 is 1.56 bits per heavy atom. The second-order valence-corrected chi connectivity index (χ2v) is 3.46. The van der Waals surface area contributed by atoms with E-state index in [4.69, 9.17) is 23.2 Å². The van der Waals surface area contributed by atoms with Crippen LogP contribution in [0, 0.1) is 10.1 Å². The number of hydrogen-bond acceptors (Lipinski definition) is 4. The SMILES string of the molecule is COC(=O)c1c(CCl)ccc([N+](=O)[O-])c1Cl. The summed E-state index contributed by atoms with van der Waals surface area (Å²) < 4.78 is 4.49. The Labute approximate surface area is 101 Å². The summed E-state index contributed by atoms with van der Waals surface area (Å²) in [6, 6.07) is 2.58. The van der Waals surface area contributed by atoms with Gasteiger partial charge in [-0.05, 0) is 5.56 Å². The van der Waals surface area contributed by atoms with Crippen molar-refractivity contribution in [1.29, 1.82) is 0 Å². The quantitative estimate of drug-likeness (QED) is 0.364. The summed E-state index contributed by atoms with van der Waals surface area (Å²) in [5.41, 5.74) is -0.0200. The van der Waals surface area contributed by atoms with Crippen molar-refractivity contribution in [3.05, 3.63) is 38.4 Å². The van der Waals surface area contributed by atoms with Crippen LogP contribution in [-0.2, 0) is 10.6 Å². The molecular weight excluding hydrogens is 257 g/mol. The molecule has 86 valence electrons. The van der Waals surface area contributed by atoms with Gasteiger partial charge in [0.25, 0.3) is 5.69 Å². The number of nitro groups is 1. The molecule has 0 saturated carbocycles. The van der Waals surface area contributed by atoms with Gasteiger partial charge in [0, 0.05) is 11.9 Å². The fraction of sp³-hybridized carbons (Fsp3) is 0.222. The minimum absolute atomic E-state index is 0.0160. The monoisotopic (exact) mass is 263 g/mol. The van der Waals surface area contributed by atoms with Gasteiger partial charge in [0.1, 0.15) is 5.02 Å². The highest BCUT2D eigenvalue weighted by Gasteiger charge is 2.24. The fourth-order valence-electron chi connectivity index (χ4n) is 1.18. The van der Waals surface area contributed by atoms with Crippen LogP contribution in [0.1, 0.15) is 15.9 Å². The van der Waals surface area contributed by atoms with Gasteiger partial charge in [-0.15, -0.1) is 11.6 Å². The van der Waals surface area contributed by atoms with Crippen LogP contribution < -0.4 is 0 Å². The van der Waals surface area contributed by atoms with Crippen molar-refractivity contribution in [1.82, 2.24) is 0 Å². The Bertz CT molecular complexity index is 447. The highest BCUT2D eigenvalue weighted by molar-refractivity contribution is 6.36. The predicted octanol–water partition coefficient (Wildman–Crippen LogP) is 2.77. The Hall–Kier alpha value is -1.33. The Balaban J connectivity index is 3.46. The summed E-state index contributed by atoms with van der Waals surface area (Å²) >= 11 is 11.4. The number of halogens is 2. The number of methoxy groups -OCH3 is 1. The summed E-state index contributed by atoms with van der Waals surface area (Å²) in [4.78, 5) is 21.3. The van der Waals surface area contributed by atoms with Gasteiger partial charge in [-0.25, -0.2) is 4.79 Å². The van der Waals surface area contributed by atoms with Gasteiger partial charge >= 0.3 is 5.97 Å². The maximum absolute atomic E-state index is 11.4. The summed E-state index contributed by atoms with van der Waals surface area (Å²) in [5, 5.41) is 10.4. The topological polar surface area (TPSA) is 69.4 Å². The molecule has 5 nitrogen and oxygen atoms in total. The van der Waals surface area contributed by atoms with Crippen LogP contribution >= 0.6 is 23.2 Å². The molecule has 0 spiro atoms. The number of carbonyl (C=O) groups is 1. The van der Waals surface area contributed by atoms with Crippen LogP contribution in [0.4, 0.5) is 5.69 Å². The largest absolute Gasteiger partial charge is 0.465 e. The molecule has 0 unspecified atom stereocenters. The van der Waals surface area contributed by atoms with Gasteiger partial charge in [-0.1, -0.05) is 17.7 Å². The minimum atomic E-state index is -0.746. The highest BCUT2D eigenvalue weighted by Crippen LogP contribution is 2.31. The van der Waals surface area contributed by atoms with E-state index in [2.05, 4.69) is 4.74 Å². The van der Waals surface area contributed by atoms with Gasteiger partial charge in [-0.2, -0.15) is 0 Å². The number of nitrogens with zero attached hydrogens (tertiary/aromatic N) is 1. The van der Waals surface area contributed by atoms with E-state index in [1.165, 1.54) is 12.1 Å². The van der Waals surface area contributed by atoms with Gasteiger partial charge in [0.05, 0.1) is 17.6 Å². The Kier molecular flexibility index (Phi) is 4.09. The van der Waals surface area contributed by atoms with Crippen LogP contribution in [0.15, 0.2) is 12.1 Å². The van der Waals surface area contributed by atoms with Crippen molar-refractivity contribution in [3.63, 3.8) is 0 Å². The summed E-state index contributed by atoms with van der Waals surface area (Å²) in [6.45, 7) is 0. The van der Waals surface area contributed by atoms with E-state index in [1.807, 2.05) is 0 Å². The first-order chi connectivity index (χ1) is 7.52. The summed E-state index contributed by atoms with van der Waals surface area (Å²) in [6.07, 6.45) is 0. The third kappa shape index (κ3) is 2.25. The van der Waals surface area contributed by atoms with E-state index < -0.39 is 10.9 Å². The van der Waals surface area contributed by atoms with Crippen LogP contribution in [-0.4, -0.2) is 18.0 Å². The maximum Gasteiger partial charge on any atom is 0.339 e. The molecule has 1 rings (SSSR count). The summed E-state index contributed by atoms with van der Waals surface area (Å²) in [7, 11) is 1.16. The molecule has 0 heterocycles. The first-order valence-corrected chi connectivity index (χ1v) is 5.04. The van der Waals surface area contributed by atoms with Gasteiger partial charge in [0.2, 0.25) is 0 Å². The van der Waals surface area contributed by atoms with Gasteiger partial charge in [-0.3, -0.25) is 10.1 Å². The molecule has 0 aromatic heterocycles. The lowest BCUT2D eigenvalue weighted by Crippen LogP contribution is -2.07. The van der Waals surface area contributed by atoms with Crippen molar-refractivity contribution in [2.24, 2.45) is 0 Å². The van der Waals surface area contributed by atoms with E-state index in [0.29, 0.717) is 5.56 Å². The van der Waals surface area contributed by atoms with E-state index >= 15 is 0 Å². The van der Waals surface area contributed by atoms with Crippen LogP contribution in [0.2, 0.25) is 5.02 Å². The van der Waals surface area contributed by atoms with E-state index in [1.54, 1.807) is 0 Å². The Morgan fingerprint density at radius 3 is 2.62 bits per heavy atom. The van der Waals surface area contributed by atoms with E-state index in [9.17, 15) is 14.9 Å². The number of carbonyl (C=O) groups excluding carboxylic acids is 1.